The Balaban J connectivity index is 1.61. The fourth-order valence-electron chi connectivity index (χ4n) is 3.05. The predicted molar refractivity (Wildman–Crippen MR) is 84.7 cm³/mol. The summed E-state index contributed by atoms with van der Waals surface area (Å²) in [5.74, 6) is -0.125. The van der Waals surface area contributed by atoms with E-state index < -0.39 is 0 Å². The smallest absolute Gasteiger partial charge is 0.334 e. The normalized spacial score (nSPS) is 24.4. The van der Waals surface area contributed by atoms with Gasteiger partial charge in [0.1, 0.15) is 6.10 Å². The van der Waals surface area contributed by atoms with E-state index in [2.05, 4.69) is 37.3 Å². The Hall–Kier alpha value is -1.83. The van der Waals surface area contributed by atoms with Gasteiger partial charge in [-0.3, -0.25) is 0 Å². The highest BCUT2D eigenvalue weighted by Gasteiger charge is 2.27. The number of hydrogen-bond donors (Lipinski definition) is 0. The molecule has 0 aromatic carbocycles. The van der Waals surface area contributed by atoms with Crippen LogP contribution in [0.4, 0.5) is 0 Å². The molecule has 1 atom stereocenters. The second kappa shape index (κ2) is 6.30. The van der Waals surface area contributed by atoms with Crippen molar-refractivity contribution in [2.45, 2.75) is 51.6 Å². The predicted octanol–water partition coefficient (Wildman–Crippen LogP) is 4.56. The molecule has 0 N–H and O–H groups in total. The first-order chi connectivity index (χ1) is 10.2. The Morgan fingerprint density at radius 2 is 2.14 bits per heavy atom. The number of carbonyl (C=O) groups excluding carboxylic acids is 1. The van der Waals surface area contributed by atoms with Crippen molar-refractivity contribution < 1.29 is 9.53 Å². The van der Waals surface area contributed by atoms with Crippen molar-refractivity contribution >= 4 is 5.97 Å². The van der Waals surface area contributed by atoms with Gasteiger partial charge in [-0.25, -0.2) is 4.79 Å². The standard InChI is InChI=1S/C19H22O2/c1-14-10-11-16-13-17(19(20)21-18(16)12-14)9-5-8-15-6-3-2-4-7-15/h3,6-7,10-11,13,18H,2,4-5,8-9,12H2,1H3. The number of fused-ring (bicyclic) bond motifs is 1. The summed E-state index contributed by atoms with van der Waals surface area (Å²) < 4.78 is 5.57. The number of allylic oxidation sites excluding steroid dienone is 6. The molecule has 1 heterocycles. The summed E-state index contributed by atoms with van der Waals surface area (Å²) >= 11 is 0. The van der Waals surface area contributed by atoms with Crippen LogP contribution in [-0.2, 0) is 9.53 Å². The molecule has 3 aliphatic rings. The van der Waals surface area contributed by atoms with Gasteiger partial charge in [-0.05, 0) is 50.7 Å². The summed E-state index contributed by atoms with van der Waals surface area (Å²) in [6.45, 7) is 2.08. The Kier molecular flexibility index (Phi) is 4.23. The van der Waals surface area contributed by atoms with Gasteiger partial charge in [-0.15, -0.1) is 0 Å². The van der Waals surface area contributed by atoms with E-state index in [-0.39, 0.29) is 12.1 Å². The van der Waals surface area contributed by atoms with E-state index in [0.29, 0.717) is 0 Å². The Labute approximate surface area is 126 Å². The van der Waals surface area contributed by atoms with Crippen LogP contribution in [0, 0.1) is 0 Å². The molecule has 2 heteroatoms. The molecule has 3 rings (SSSR count). The average molecular weight is 282 g/mol. The van der Waals surface area contributed by atoms with E-state index >= 15 is 0 Å². The Bertz CT molecular complexity index is 585. The molecule has 0 bridgehead atoms. The van der Waals surface area contributed by atoms with E-state index in [0.717, 1.165) is 49.7 Å². The van der Waals surface area contributed by atoms with Gasteiger partial charge in [0.15, 0.2) is 0 Å². The molecule has 0 saturated carbocycles. The van der Waals surface area contributed by atoms with Crippen molar-refractivity contribution in [3.8, 4) is 0 Å². The zero-order valence-corrected chi connectivity index (χ0v) is 12.6. The minimum absolute atomic E-state index is 0.0600. The second-order valence-electron chi connectivity index (χ2n) is 6.06. The van der Waals surface area contributed by atoms with Crippen LogP contribution in [0.5, 0.6) is 0 Å². The fourth-order valence-corrected chi connectivity index (χ4v) is 3.05. The number of rotatable bonds is 4. The van der Waals surface area contributed by atoms with Crippen LogP contribution in [0.15, 0.2) is 58.7 Å². The van der Waals surface area contributed by atoms with E-state index in [1.54, 1.807) is 0 Å². The zero-order chi connectivity index (χ0) is 14.7. The third-order valence-corrected chi connectivity index (χ3v) is 4.28. The van der Waals surface area contributed by atoms with Crippen molar-refractivity contribution in [1.29, 1.82) is 0 Å². The van der Waals surface area contributed by atoms with Crippen LogP contribution in [0.25, 0.3) is 0 Å². The van der Waals surface area contributed by atoms with Crippen LogP contribution < -0.4 is 0 Å². The van der Waals surface area contributed by atoms with E-state index in [9.17, 15) is 4.79 Å². The molecule has 1 unspecified atom stereocenters. The average Bonchev–Trinajstić information content (AvgIpc) is 2.49. The van der Waals surface area contributed by atoms with Gasteiger partial charge in [0.25, 0.3) is 0 Å². The van der Waals surface area contributed by atoms with Crippen LogP contribution in [-0.4, -0.2) is 12.1 Å². The maximum atomic E-state index is 12.1. The molecule has 1 aliphatic heterocycles. The molecule has 0 saturated heterocycles. The highest BCUT2D eigenvalue weighted by Crippen LogP contribution is 2.30. The van der Waals surface area contributed by atoms with Gasteiger partial charge in [-0.1, -0.05) is 41.5 Å². The first-order valence-electron chi connectivity index (χ1n) is 7.87. The third-order valence-electron chi connectivity index (χ3n) is 4.28. The van der Waals surface area contributed by atoms with Crippen molar-refractivity contribution in [3.63, 3.8) is 0 Å². The summed E-state index contributed by atoms with van der Waals surface area (Å²) in [7, 11) is 0. The third kappa shape index (κ3) is 3.44. The van der Waals surface area contributed by atoms with E-state index in [4.69, 9.17) is 4.74 Å². The fraction of sp³-hybridized carbons (Fsp3) is 0.421. The van der Waals surface area contributed by atoms with Gasteiger partial charge in [-0.2, -0.15) is 0 Å². The summed E-state index contributed by atoms with van der Waals surface area (Å²) in [5.41, 5.74) is 4.64. The quantitative estimate of drug-likeness (QED) is 0.706. The number of esters is 1. The van der Waals surface area contributed by atoms with Crippen molar-refractivity contribution in [2.24, 2.45) is 0 Å². The highest BCUT2D eigenvalue weighted by atomic mass is 16.5. The maximum Gasteiger partial charge on any atom is 0.334 e. The minimum atomic E-state index is -0.125. The minimum Gasteiger partial charge on any atom is -0.454 e. The van der Waals surface area contributed by atoms with Crippen molar-refractivity contribution in [3.05, 3.63) is 58.7 Å². The second-order valence-corrected chi connectivity index (χ2v) is 6.06. The molecule has 21 heavy (non-hydrogen) atoms. The molecular weight excluding hydrogens is 260 g/mol. The maximum absolute atomic E-state index is 12.1. The molecule has 2 nitrogen and oxygen atoms in total. The number of hydrogen-bond acceptors (Lipinski definition) is 2. The molecule has 0 spiro atoms. The molecule has 2 aliphatic carbocycles. The van der Waals surface area contributed by atoms with Crippen LogP contribution >= 0.6 is 0 Å². The monoisotopic (exact) mass is 282 g/mol. The molecule has 0 fully saturated rings. The molecule has 0 aromatic heterocycles. The van der Waals surface area contributed by atoms with Crippen LogP contribution in [0.1, 0.15) is 45.4 Å². The molecule has 0 radical (unpaired) electrons. The van der Waals surface area contributed by atoms with Gasteiger partial charge >= 0.3 is 5.97 Å². The van der Waals surface area contributed by atoms with E-state index in [1.807, 2.05) is 6.08 Å². The SMILES string of the molecule is CC1=CC=C2C=C(CCCC3=CCCC=C3)C(=O)OC2C1. The lowest BCUT2D eigenvalue weighted by molar-refractivity contribution is -0.143. The highest BCUT2D eigenvalue weighted by molar-refractivity contribution is 5.90. The zero-order valence-electron chi connectivity index (χ0n) is 12.6. The Morgan fingerprint density at radius 1 is 1.24 bits per heavy atom. The lowest BCUT2D eigenvalue weighted by Crippen LogP contribution is -2.27. The van der Waals surface area contributed by atoms with Gasteiger partial charge < -0.3 is 4.74 Å². The van der Waals surface area contributed by atoms with E-state index in [1.165, 1.54) is 11.1 Å². The molecule has 110 valence electrons. The van der Waals surface area contributed by atoms with Crippen LogP contribution in [0.3, 0.4) is 0 Å². The van der Waals surface area contributed by atoms with Crippen molar-refractivity contribution in [1.82, 2.24) is 0 Å². The summed E-state index contributed by atoms with van der Waals surface area (Å²) in [5, 5.41) is 0. The summed E-state index contributed by atoms with van der Waals surface area (Å²) in [6.07, 6.45) is 18.9. The summed E-state index contributed by atoms with van der Waals surface area (Å²) in [4.78, 5) is 12.1. The first-order valence-corrected chi connectivity index (χ1v) is 7.87. The Morgan fingerprint density at radius 3 is 2.95 bits per heavy atom. The number of carbonyl (C=O) groups is 1. The molecular formula is C19H22O2. The molecule has 0 amide bonds. The van der Waals surface area contributed by atoms with Crippen molar-refractivity contribution in [2.75, 3.05) is 0 Å². The first kappa shape index (κ1) is 14.1. The van der Waals surface area contributed by atoms with Gasteiger partial charge in [0.2, 0.25) is 0 Å². The lowest BCUT2D eigenvalue weighted by Gasteiger charge is -2.27. The topological polar surface area (TPSA) is 26.3 Å². The lowest BCUT2D eigenvalue weighted by atomic mass is 9.91. The number of ether oxygens (including phenoxy) is 1. The summed E-state index contributed by atoms with van der Waals surface area (Å²) in [6, 6.07) is 0. The largest absolute Gasteiger partial charge is 0.454 e. The van der Waals surface area contributed by atoms with Gasteiger partial charge in [0.05, 0.1) is 0 Å². The van der Waals surface area contributed by atoms with Crippen LogP contribution in [0.2, 0.25) is 0 Å². The van der Waals surface area contributed by atoms with Gasteiger partial charge in [0, 0.05) is 12.0 Å². The molecule has 0 aromatic rings.